The third-order valence-corrected chi connectivity index (χ3v) is 6.48. The molecule has 2 aromatic carbocycles. The minimum absolute atomic E-state index is 0.0278. The van der Waals surface area contributed by atoms with E-state index in [9.17, 15) is 14.7 Å². The molecule has 1 N–H and O–H groups in total. The summed E-state index contributed by atoms with van der Waals surface area (Å²) in [5.41, 5.74) is 2.83. The number of rotatable bonds is 6. The van der Waals surface area contributed by atoms with Gasteiger partial charge in [0.2, 0.25) is 0 Å². The molecule has 0 bridgehead atoms. The number of ether oxygens (including phenoxy) is 1. The van der Waals surface area contributed by atoms with Gasteiger partial charge in [-0.15, -0.1) is 0 Å². The number of aliphatic hydroxyl groups is 1. The molecule has 1 aliphatic heterocycles. The van der Waals surface area contributed by atoms with Gasteiger partial charge in [-0.3, -0.25) is 9.59 Å². The molecule has 7 nitrogen and oxygen atoms in total. The number of Topliss-reactive ketones (excluding diaryl/α,β-unsaturated/α-hetero) is 1. The Morgan fingerprint density at radius 3 is 2.59 bits per heavy atom. The van der Waals surface area contributed by atoms with Gasteiger partial charge in [0.05, 0.1) is 29.3 Å². The highest BCUT2D eigenvalue weighted by Crippen LogP contribution is 2.44. The van der Waals surface area contributed by atoms with Crippen molar-refractivity contribution in [3.63, 3.8) is 0 Å². The van der Waals surface area contributed by atoms with Crippen molar-refractivity contribution in [2.75, 3.05) is 34.3 Å². The summed E-state index contributed by atoms with van der Waals surface area (Å²) < 4.78 is 7.41. The Bertz CT molecular complexity index is 1330. The standard InChI is InChI=1S/C26H28ClN3O4/c1-15-12-17(25(34-5)19(27)13-15)23(31)21-22(30(11-10-28(2)3)26(33)24(21)32)18-14-29(4)20-9-7-6-8-16(18)20/h6-9,12-14,22,31H,10-11H2,1-5H3/b23-21+. The first kappa shape index (κ1) is 23.9. The molecule has 1 saturated heterocycles. The number of likely N-dealkylation sites (tertiary alicyclic amines) is 1. The molecule has 4 rings (SSSR count). The molecule has 1 amide bonds. The zero-order valence-electron chi connectivity index (χ0n) is 19.9. The molecular weight excluding hydrogens is 454 g/mol. The van der Waals surface area contributed by atoms with Crippen LogP contribution in [0.4, 0.5) is 0 Å². The number of benzene rings is 2. The number of nitrogens with zero attached hydrogens (tertiary/aromatic N) is 3. The van der Waals surface area contributed by atoms with E-state index in [4.69, 9.17) is 16.3 Å². The highest BCUT2D eigenvalue weighted by molar-refractivity contribution is 6.47. The van der Waals surface area contributed by atoms with Crippen LogP contribution in [-0.2, 0) is 16.6 Å². The Morgan fingerprint density at radius 1 is 1.21 bits per heavy atom. The second-order valence-electron chi connectivity index (χ2n) is 8.84. The molecule has 34 heavy (non-hydrogen) atoms. The van der Waals surface area contributed by atoms with Crippen LogP contribution < -0.4 is 4.74 Å². The van der Waals surface area contributed by atoms with Crippen molar-refractivity contribution in [1.29, 1.82) is 0 Å². The fourth-order valence-electron chi connectivity index (χ4n) is 4.59. The summed E-state index contributed by atoms with van der Waals surface area (Å²) in [6, 6.07) is 10.5. The lowest BCUT2D eigenvalue weighted by Crippen LogP contribution is -2.35. The number of aliphatic hydroxyl groups excluding tert-OH is 1. The van der Waals surface area contributed by atoms with E-state index in [1.54, 1.807) is 17.0 Å². The lowest BCUT2D eigenvalue weighted by atomic mass is 9.94. The lowest BCUT2D eigenvalue weighted by molar-refractivity contribution is -0.140. The van der Waals surface area contributed by atoms with Crippen LogP contribution in [0.15, 0.2) is 48.2 Å². The topological polar surface area (TPSA) is 75.0 Å². The molecule has 1 fully saturated rings. The molecule has 8 heteroatoms. The van der Waals surface area contributed by atoms with Gasteiger partial charge < -0.3 is 24.2 Å². The molecule has 0 radical (unpaired) electrons. The number of hydrogen-bond donors (Lipinski definition) is 1. The minimum atomic E-state index is -0.755. The Balaban J connectivity index is 2.00. The summed E-state index contributed by atoms with van der Waals surface area (Å²) in [4.78, 5) is 30.1. The lowest BCUT2D eigenvalue weighted by Gasteiger charge is -2.26. The number of likely N-dealkylation sites (N-methyl/N-ethyl adjacent to an activating group) is 1. The maximum atomic E-state index is 13.4. The maximum absolute atomic E-state index is 13.4. The highest BCUT2D eigenvalue weighted by Gasteiger charge is 2.47. The van der Waals surface area contributed by atoms with Crippen LogP contribution in [0, 0.1) is 6.92 Å². The van der Waals surface area contributed by atoms with Gasteiger partial charge in [-0.1, -0.05) is 29.8 Å². The van der Waals surface area contributed by atoms with Crippen molar-refractivity contribution < 1.29 is 19.4 Å². The first-order chi connectivity index (χ1) is 16.1. The van der Waals surface area contributed by atoms with Gasteiger partial charge in [0.15, 0.2) is 0 Å². The number of methoxy groups -OCH3 is 1. The average molecular weight is 482 g/mol. The van der Waals surface area contributed by atoms with Crippen LogP contribution in [0.25, 0.3) is 16.7 Å². The molecule has 2 heterocycles. The number of hydrogen-bond acceptors (Lipinski definition) is 5. The Kier molecular flexibility index (Phi) is 6.43. The van der Waals surface area contributed by atoms with Crippen molar-refractivity contribution >= 4 is 40.0 Å². The van der Waals surface area contributed by atoms with Crippen LogP contribution >= 0.6 is 11.6 Å². The van der Waals surface area contributed by atoms with Crippen molar-refractivity contribution in [1.82, 2.24) is 14.4 Å². The first-order valence-electron chi connectivity index (χ1n) is 11.0. The van der Waals surface area contributed by atoms with Crippen molar-refractivity contribution in [2.24, 2.45) is 7.05 Å². The van der Waals surface area contributed by atoms with E-state index in [1.165, 1.54) is 7.11 Å². The average Bonchev–Trinajstić information content (AvgIpc) is 3.25. The number of carbonyl (C=O) groups excluding carboxylic acids is 2. The summed E-state index contributed by atoms with van der Waals surface area (Å²) in [5.74, 6) is -1.42. The molecule has 1 aromatic heterocycles. The van der Waals surface area contributed by atoms with Gasteiger partial charge in [-0.05, 0) is 44.8 Å². The van der Waals surface area contributed by atoms with Crippen LogP contribution in [0.1, 0.15) is 22.7 Å². The van der Waals surface area contributed by atoms with E-state index < -0.39 is 17.7 Å². The first-order valence-corrected chi connectivity index (χ1v) is 11.3. The Labute approximate surface area is 203 Å². The number of ketones is 1. The fraction of sp³-hybridized carbons (Fsp3) is 0.308. The van der Waals surface area contributed by atoms with Crippen LogP contribution in [-0.4, -0.2) is 65.5 Å². The summed E-state index contributed by atoms with van der Waals surface area (Å²) in [5, 5.41) is 12.7. The van der Waals surface area contributed by atoms with Crippen molar-refractivity contribution in [3.05, 3.63) is 69.9 Å². The predicted octanol–water partition coefficient (Wildman–Crippen LogP) is 4.13. The molecule has 1 aliphatic rings. The van der Waals surface area contributed by atoms with Crippen molar-refractivity contribution in [3.8, 4) is 5.75 Å². The number of fused-ring (bicyclic) bond motifs is 1. The van der Waals surface area contributed by atoms with Crippen LogP contribution in [0.3, 0.4) is 0 Å². The monoisotopic (exact) mass is 481 g/mol. The summed E-state index contributed by atoms with van der Waals surface area (Å²) in [6.45, 7) is 2.72. The Morgan fingerprint density at radius 2 is 1.91 bits per heavy atom. The van der Waals surface area contributed by atoms with Gasteiger partial charge in [0, 0.05) is 42.8 Å². The number of amides is 1. The SMILES string of the molecule is COc1c(Cl)cc(C)cc1/C(O)=C1\C(=O)C(=O)N(CCN(C)C)C1c1cn(C)c2ccccc12. The second-order valence-corrected chi connectivity index (χ2v) is 9.24. The van der Waals surface area contributed by atoms with Crippen LogP contribution in [0.2, 0.25) is 5.02 Å². The van der Waals surface area contributed by atoms with Crippen molar-refractivity contribution in [2.45, 2.75) is 13.0 Å². The number of aromatic nitrogens is 1. The summed E-state index contributed by atoms with van der Waals surface area (Å²) in [7, 11) is 7.18. The molecule has 0 saturated carbocycles. The highest BCUT2D eigenvalue weighted by atomic mass is 35.5. The number of carbonyl (C=O) groups is 2. The van der Waals surface area contributed by atoms with Gasteiger partial charge in [-0.25, -0.2) is 0 Å². The maximum Gasteiger partial charge on any atom is 0.295 e. The van der Waals surface area contributed by atoms with Gasteiger partial charge >= 0.3 is 0 Å². The molecule has 178 valence electrons. The molecule has 3 aromatic rings. The van der Waals surface area contributed by atoms with E-state index in [0.29, 0.717) is 18.1 Å². The zero-order chi connectivity index (χ0) is 24.7. The van der Waals surface area contributed by atoms with Crippen LogP contribution in [0.5, 0.6) is 5.75 Å². The molecule has 0 spiro atoms. The third-order valence-electron chi connectivity index (χ3n) is 6.20. The van der Waals surface area contributed by atoms with Gasteiger partial charge in [0.1, 0.15) is 11.5 Å². The molecule has 1 atom stereocenters. The van der Waals surface area contributed by atoms with Gasteiger partial charge in [0.25, 0.3) is 11.7 Å². The number of halogens is 1. The van der Waals surface area contributed by atoms with E-state index in [0.717, 1.165) is 22.0 Å². The third kappa shape index (κ3) is 3.95. The van der Waals surface area contributed by atoms with Gasteiger partial charge in [-0.2, -0.15) is 0 Å². The zero-order valence-corrected chi connectivity index (χ0v) is 20.7. The summed E-state index contributed by atoms with van der Waals surface area (Å²) >= 11 is 6.37. The quantitative estimate of drug-likeness (QED) is 0.325. The smallest absolute Gasteiger partial charge is 0.295 e. The normalized spacial score (nSPS) is 17.9. The Hall–Kier alpha value is -3.29. The largest absolute Gasteiger partial charge is 0.507 e. The van der Waals surface area contributed by atoms with E-state index in [2.05, 4.69) is 0 Å². The van der Waals surface area contributed by atoms with E-state index in [-0.39, 0.29) is 22.6 Å². The molecule has 1 unspecified atom stereocenters. The second kappa shape index (κ2) is 9.16. The summed E-state index contributed by atoms with van der Waals surface area (Å²) in [6.07, 6.45) is 1.91. The number of aryl methyl sites for hydroxylation is 2. The molecule has 0 aliphatic carbocycles. The van der Waals surface area contributed by atoms with E-state index in [1.807, 2.05) is 68.0 Å². The number of para-hydroxylation sites is 1. The predicted molar refractivity (Wildman–Crippen MR) is 133 cm³/mol. The van der Waals surface area contributed by atoms with E-state index >= 15 is 0 Å². The minimum Gasteiger partial charge on any atom is -0.507 e. The molecular formula is C26H28ClN3O4. The fourth-order valence-corrected chi connectivity index (χ4v) is 4.94.